The van der Waals surface area contributed by atoms with E-state index in [0.717, 1.165) is 27.8 Å². The lowest BCUT2D eigenvalue weighted by Gasteiger charge is -2.35. The average molecular weight is 1370 g/mol. The van der Waals surface area contributed by atoms with Gasteiger partial charge in [-0.2, -0.15) is 0 Å². The number of ether oxygens (including phenoxy) is 6. The van der Waals surface area contributed by atoms with Gasteiger partial charge in [-0.05, 0) is 59.4 Å². The molecule has 7 saturated heterocycles. The van der Waals surface area contributed by atoms with Crippen molar-refractivity contribution >= 4 is 83.1 Å². The highest BCUT2D eigenvalue weighted by atomic mass is 16.8. The zero-order valence-corrected chi connectivity index (χ0v) is 56.6. The molecule has 7 aliphatic heterocycles. The first-order chi connectivity index (χ1) is 46.7. The highest BCUT2D eigenvalue weighted by Crippen LogP contribution is 2.33. The second-order valence-electron chi connectivity index (χ2n) is 25.0. The van der Waals surface area contributed by atoms with Gasteiger partial charge < -0.3 is 28.4 Å². The van der Waals surface area contributed by atoms with Crippen molar-refractivity contribution in [2.75, 3.05) is 7.05 Å². The predicted octanol–water partition coefficient (Wildman–Crippen LogP) is 4.48. The lowest BCUT2D eigenvalue weighted by atomic mass is 9.87. The first kappa shape index (κ1) is 76.7. The van der Waals surface area contributed by atoms with Crippen LogP contribution < -0.4 is 38.0 Å². The van der Waals surface area contributed by atoms with Crippen molar-refractivity contribution < 1.29 is 95.5 Å². The highest BCUT2D eigenvalue weighted by Gasteiger charge is 2.47. The lowest BCUT2D eigenvalue weighted by Crippen LogP contribution is -2.47. The van der Waals surface area contributed by atoms with Gasteiger partial charge in [-0.3, -0.25) is 110 Å². The number of amides is 8. The van der Waals surface area contributed by atoms with Crippen molar-refractivity contribution in [3.8, 4) is 0 Å². The van der Waals surface area contributed by atoms with Gasteiger partial charge in [0.15, 0.2) is 17.8 Å². The smallest absolute Gasteiger partial charge is 0.324 e. The van der Waals surface area contributed by atoms with Crippen LogP contribution in [0.5, 0.6) is 0 Å². The summed E-state index contributed by atoms with van der Waals surface area (Å²) < 4.78 is 30.1. The van der Waals surface area contributed by atoms with E-state index in [-0.39, 0.29) is 59.1 Å². The number of nitrogens with zero attached hydrogens (tertiary/aromatic N) is 1. The van der Waals surface area contributed by atoms with Gasteiger partial charge in [0.25, 0.3) is 64.6 Å². The molecule has 0 saturated carbocycles. The second-order valence-corrected chi connectivity index (χ2v) is 25.0. The van der Waals surface area contributed by atoms with Crippen LogP contribution in [-0.4, -0.2) is 112 Å². The van der Waals surface area contributed by atoms with Gasteiger partial charge in [0.05, 0.1) is 0 Å². The number of carbonyl (C=O) groups is 14. The minimum Gasteiger partial charge on any atom is -0.422 e. The SMILES string of the molecule is CC(C)C1C(=O)NNC1=O.CC(c1ccccc1)C1C(=O)OC(C)(C)OC1=O.CC1(C)OC(=O)C(Cc2ccccc2)C(=O)O1.CCC1C(=O)OC(C)(C)OC1=O.CN1NC(=O)C(Cc2ccccc2)C1=O.O=C1NNC(=O)C1Cc1ccccc1.O=C1NNC(=O)C1c1ccccc1. The average Bonchev–Trinajstić information content (AvgIpc) is 1.80. The zero-order valence-electron chi connectivity index (χ0n) is 56.6. The van der Waals surface area contributed by atoms with Crippen molar-refractivity contribution in [3.63, 3.8) is 0 Å². The van der Waals surface area contributed by atoms with E-state index >= 15 is 0 Å². The lowest BCUT2D eigenvalue weighted by molar-refractivity contribution is -0.242. The van der Waals surface area contributed by atoms with Crippen LogP contribution in [0, 0.1) is 41.4 Å². The molecule has 0 aromatic heterocycles. The third-order valence-electron chi connectivity index (χ3n) is 15.5. The number of carbonyl (C=O) groups excluding carboxylic acids is 14. The Hall–Kier alpha value is -11.3. The minimum atomic E-state index is -1.17. The number of cyclic esters (lactones) is 6. The molecule has 5 aromatic rings. The minimum absolute atomic E-state index is 0.0718. The number of benzene rings is 5. The molecule has 7 fully saturated rings. The first-order valence-electron chi connectivity index (χ1n) is 31.7. The van der Waals surface area contributed by atoms with Crippen molar-refractivity contribution in [3.05, 3.63) is 179 Å². The molecule has 7 N–H and O–H groups in total. The zero-order chi connectivity index (χ0) is 72.9. The molecule has 0 aliphatic carbocycles. The Morgan fingerprint density at radius 1 is 0.364 bits per heavy atom. The number of hydrogen-bond acceptors (Lipinski definition) is 20. The van der Waals surface area contributed by atoms with Crippen LogP contribution in [0.4, 0.5) is 0 Å². The summed E-state index contributed by atoms with van der Waals surface area (Å²) in [5.74, 6) is -13.4. The molecular weight excluding hydrogens is 1280 g/mol. The Morgan fingerprint density at radius 2 is 0.677 bits per heavy atom. The molecule has 2 atom stereocenters. The maximum atomic E-state index is 11.9. The van der Waals surface area contributed by atoms with Crippen molar-refractivity contribution in [2.45, 2.75) is 124 Å². The quantitative estimate of drug-likeness (QED) is 0.0544. The standard InChI is InChI=1S/C14H16O4.C13H14O4.C11H12N2O2.C10H10N2O2.C9H8N2O2.C8H12O4.C6H10N2O2/c1-9(10-7-5-4-6-8-10)11-12(15)17-14(2,3)18-13(11)16;1-13(2)16-11(14)10(12(15)17-13)8-9-6-4-3-5-7-9;1-13-11(15)9(10(14)12-13)7-8-5-3-2-4-6-8;13-9-8(10(14)12-11-9)6-7-4-2-1-3-5-7;12-8-7(9(13)11-10-8)6-4-2-1-3-5-6;1-4-5-6(9)11-8(2,3)12-7(5)10;1-3(2)4-5(9)7-8-6(4)10/h4-9,11H,1-3H3;3-7,10H,8H2,1-2H3;2-6,9H,7H2,1H3,(H,12,14);1-5,8H,6H2,(H,11,13)(H,12,14);1-5,7H,(H,10,12)(H,11,13);5H,4H2,1-3H3;3-4H,1-2H3,(H,7,9)(H,8,10). The largest absolute Gasteiger partial charge is 0.422 e. The molecule has 12 rings (SSSR count). The molecule has 0 radical (unpaired) electrons. The monoisotopic (exact) mass is 1370 g/mol. The van der Waals surface area contributed by atoms with Crippen LogP contribution in [-0.2, 0) is 115 Å². The van der Waals surface area contributed by atoms with Crippen LogP contribution in [0.1, 0.15) is 115 Å². The fourth-order valence-corrected chi connectivity index (χ4v) is 10.4. The summed E-state index contributed by atoms with van der Waals surface area (Å²) in [6, 6.07) is 46.7. The van der Waals surface area contributed by atoms with E-state index in [2.05, 4.69) is 38.0 Å². The van der Waals surface area contributed by atoms with Gasteiger partial charge in [-0.1, -0.05) is 179 Å². The first-order valence-corrected chi connectivity index (χ1v) is 31.7. The molecule has 2 unspecified atom stereocenters. The fourth-order valence-electron chi connectivity index (χ4n) is 10.4. The van der Waals surface area contributed by atoms with E-state index in [1.165, 1.54) is 18.9 Å². The third kappa shape index (κ3) is 22.1. The van der Waals surface area contributed by atoms with Crippen LogP contribution in [0.15, 0.2) is 152 Å². The summed E-state index contributed by atoms with van der Waals surface area (Å²) in [6.45, 7) is 16.5. The van der Waals surface area contributed by atoms with Gasteiger partial charge in [0.1, 0.15) is 23.7 Å². The fraction of sp³-hybridized carbons (Fsp3) is 0.380. The molecule has 7 heterocycles. The van der Waals surface area contributed by atoms with Gasteiger partial charge in [0.2, 0.25) is 0 Å². The Bertz CT molecular complexity index is 3630. The molecule has 8 amide bonds. The van der Waals surface area contributed by atoms with Gasteiger partial charge in [-0.15, -0.1) is 0 Å². The van der Waals surface area contributed by atoms with Crippen molar-refractivity contribution in [1.82, 2.24) is 43.0 Å². The van der Waals surface area contributed by atoms with Crippen LogP contribution in [0.25, 0.3) is 0 Å². The number of nitrogens with one attached hydrogen (secondary N) is 7. The van der Waals surface area contributed by atoms with E-state index in [9.17, 15) is 67.1 Å². The maximum Gasteiger partial charge on any atom is 0.324 e. The molecule has 526 valence electrons. The van der Waals surface area contributed by atoms with Gasteiger partial charge in [0, 0.05) is 54.5 Å². The maximum absolute atomic E-state index is 11.9. The highest BCUT2D eigenvalue weighted by molar-refractivity contribution is 6.10. The molecule has 28 nitrogen and oxygen atoms in total. The summed E-state index contributed by atoms with van der Waals surface area (Å²) in [6.07, 6.45) is 1.66. The summed E-state index contributed by atoms with van der Waals surface area (Å²) in [4.78, 5) is 159. The number of rotatable bonds is 11. The summed E-state index contributed by atoms with van der Waals surface area (Å²) in [5.41, 5.74) is 20.7. The Morgan fingerprint density at radius 3 is 1.02 bits per heavy atom. The second kappa shape index (κ2) is 34.6. The van der Waals surface area contributed by atoms with Crippen LogP contribution in [0.3, 0.4) is 0 Å². The van der Waals surface area contributed by atoms with Crippen molar-refractivity contribution in [2.24, 2.45) is 41.4 Å². The van der Waals surface area contributed by atoms with Gasteiger partial charge >= 0.3 is 35.8 Å². The molecule has 0 bridgehead atoms. The Kier molecular flexibility index (Phi) is 26.8. The Labute approximate surface area is 571 Å². The van der Waals surface area contributed by atoms with E-state index in [1.54, 1.807) is 65.9 Å². The summed E-state index contributed by atoms with van der Waals surface area (Å²) in [7, 11) is 1.56. The normalized spacial score (nSPS) is 19.7. The van der Waals surface area contributed by atoms with Crippen LogP contribution >= 0.6 is 0 Å². The molecule has 7 aliphatic rings. The van der Waals surface area contributed by atoms with E-state index in [4.69, 9.17) is 28.4 Å². The molecule has 99 heavy (non-hydrogen) atoms. The number of hydrogen-bond donors (Lipinski definition) is 7. The molecular formula is C71H82N8O20. The Balaban J connectivity index is 0.000000183. The molecule has 0 spiro atoms. The molecule has 28 heteroatoms. The summed E-state index contributed by atoms with van der Waals surface area (Å²) >= 11 is 0. The van der Waals surface area contributed by atoms with Crippen LogP contribution in [0.2, 0.25) is 0 Å². The predicted molar refractivity (Wildman–Crippen MR) is 349 cm³/mol. The van der Waals surface area contributed by atoms with E-state index in [1.807, 2.05) is 148 Å². The van der Waals surface area contributed by atoms with E-state index < -0.39 is 94.6 Å². The number of esters is 6. The van der Waals surface area contributed by atoms with Crippen molar-refractivity contribution in [1.29, 1.82) is 0 Å². The summed E-state index contributed by atoms with van der Waals surface area (Å²) in [5, 5.41) is 1.25. The molecule has 5 aromatic carbocycles. The van der Waals surface area contributed by atoms with E-state index in [0.29, 0.717) is 25.7 Å². The number of hydrazine groups is 4. The third-order valence-corrected chi connectivity index (χ3v) is 15.5. The van der Waals surface area contributed by atoms with Gasteiger partial charge in [-0.25, -0.2) is 0 Å². The topological polar surface area (TPSA) is 382 Å².